The van der Waals surface area contributed by atoms with Crippen molar-refractivity contribution in [3.05, 3.63) is 40.4 Å². The van der Waals surface area contributed by atoms with Crippen molar-refractivity contribution in [2.24, 2.45) is 12.0 Å². The Morgan fingerprint density at radius 3 is 2.71 bits per heavy atom. The summed E-state index contributed by atoms with van der Waals surface area (Å²) in [5.74, 6) is 4.36. The molecule has 0 aliphatic carbocycles. The number of ether oxygens (including phenoxy) is 1. The van der Waals surface area contributed by atoms with Crippen molar-refractivity contribution in [1.82, 2.24) is 25.4 Å². The molecule has 0 aliphatic rings. The third-order valence-corrected chi connectivity index (χ3v) is 5.37. The number of aryl methyl sites for hydroxylation is 1. The number of benzene rings is 1. The number of halogens is 1. The summed E-state index contributed by atoms with van der Waals surface area (Å²) in [4.78, 5) is 4.66. The molecule has 0 saturated carbocycles. The molecule has 0 aliphatic heterocycles. The van der Waals surface area contributed by atoms with E-state index in [1.165, 1.54) is 0 Å². The minimum Gasteiger partial charge on any atom is -0.497 e. The summed E-state index contributed by atoms with van der Waals surface area (Å²) in [5.41, 5.74) is 1.07. The summed E-state index contributed by atoms with van der Waals surface area (Å²) in [6.45, 7) is 3.99. The quantitative estimate of drug-likeness (QED) is 0.347. The first-order valence-corrected chi connectivity index (χ1v) is 11.0. The summed E-state index contributed by atoms with van der Waals surface area (Å²) in [5, 5.41) is 15.7. The van der Waals surface area contributed by atoms with Gasteiger partial charge in [-0.15, -0.1) is 10.2 Å². The molecular weight excluding hydrogens is 396 g/mol. The van der Waals surface area contributed by atoms with Crippen molar-refractivity contribution in [1.29, 1.82) is 0 Å². The van der Waals surface area contributed by atoms with E-state index in [4.69, 9.17) is 16.3 Å². The van der Waals surface area contributed by atoms with Crippen LogP contribution in [0.3, 0.4) is 0 Å². The van der Waals surface area contributed by atoms with Gasteiger partial charge >= 0.3 is 0 Å². The second-order valence-electron chi connectivity index (χ2n) is 6.29. The monoisotopic (exact) mass is 424 g/mol. The standard InChI is InChI=1S/C19H29ClN6OS/c1-14-24-25-18(26(14)2)13-23-19(21-9-5-11-28-4)22-10-8-15-6-7-16(27-3)12-17(15)20/h6-7,12H,5,8-11,13H2,1-4H3,(H2,21,22,23). The van der Waals surface area contributed by atoms with Crippen LogP contribution in [-0.2, 0) is 20.0 Å². The maximum absolute atomic E-state index is 6.33. The molecule has 0 fully saturated rings. The van der Waals surface area contributed by atoms with Crippen molar-refractivity contribution in [3.8, 4) is 5.75 Å². The fourth-order valence-electron chi connectivity index (χ4n) is 2.51. The minimum absolute atomic E-state index is 0.471. The highest BCUT2D eigenvalue weighted by Gasteiger charge is 2.06. The van der Waals surface area contributed by atoms with Crippen molar-refractivity contribution < 1.29 is 4.74 Å². The predicted octanol–water partition coefficient (Wildman–Crippen LogP) is 2.82. The predicted molar refractivity (Wildman–Crippen MR) is 118 cm³/mol. The van der Waals surface area contributed by atoms with E-state index in [0.717, 1.165) is 60.6 Å². The third kappa shape index (κ3) is 6.91. The number of guanidine groups is 1. The highest BCUT2D eigenvalue weighted by atomic mass is 35.5. The van der Waals surface area contributed by atoms with Crippen LogP contribution in [0.1, 0.15) is 23.6 Å². The molecule has 2 N–H and O–H groups in total. The Bertz CT molecular complexity index is 780. The maximum atomic E-state index is 6.33. The van der Waals surface area contributed by atoms with Crippen LogP contribution in [0.4, 0.5) is 0 Å². The lowest BCUT2D eigenvalue weighted by Gasteiger charge is -2.13. The fourth-order valence-corrected chi connectivity index (χ4v) is 3.21. The highest BCUT2D eigenvalue weighted by molar-refractivity contribution is 7.98. The Balaban J connectivity index is 1.94. The molecular formula is C19H29ClN6OS. The Kier molecular flexibility index (Phi) is 9.43. The molecule has 9 heteroatoms. The smallest absolute Gasteiger partial charge is 0.191 e. The van der Waals surface area contributed by atoms with E-state index >= 15 is 0 Å². The zero-order valence-electron chi connectivity index (χ0n) is 17.0. The van der Waals surface area contributed by atoms with E-state index in [-0.39, 0.29) is 0 Å². The summed E-state index contributed by atoms with van der Waals surface area (Å²) in [6, 6.07) is 5.75. The van der Waals surface area contributed by atoms with Crippen molar-refractivity contribution in [3.63, 3.8) is 0 Å². The lowest BCUT2D eigenvalue weighted by atomic mass is 10.1. The maximum Gasteiger partial charge on any atom is 0.191 e. The van der Waals surface area contributed by atoms with Crippen LogP contribution in [0.2, 0.25) is 5.02 Å². The first-order valence-electron chi connectivity index (χ1n) is 9.23. The molecule has 0 radical (unpaired) electrons. The van der Waals surface area contributed by atoms with E-state index in [0.29, 0.717) is 11.6 Å². The number of hydrogen-bond donors (Lipinski definition) is 2. The first kappa shape index (κ1) is 22.4. The number of nitrogens with zero attached hydrogens (tertiary/aromatic N) is 4. The van der Waals surface area contributed by atoms with Gasteiger partial charge in [-0.1, -0.05) is 17.7 Å². The summed E-state index contributed by atoms with van der Waals surface area (Å²) < 4.78 is 7.15. The summed E-state index contributed by atoms with van der Waals surface area (Å²) >= 11 is 8.17. The largest absolute Gasteiger partial charge is 0.497 e. The Labute approximate surface area is 176 Å². The van der Waals surface area contributed by atoms with Gasteiger partial charge in [-0.2, -0.15) is 11.8 Å². The van der Waals surface area contributed by atoms with Crippen molar-refractivity contribution >= 4 is 29.3 Å². The lowest BCUT2D eigenvalue weighted by Crippen LogP contribution is -2.39. The van der Waals surface area contributed by atoms with E-state index in [2.05, 4.69) is 32.1 Å². The molecule has 0 saturated heterocycles. The van der Waals surface area contributed by atoms with Crippen LogP contribution in [0.5, 0.6) is 5.75 Å². The van der Waals surface area contributed by atoms with Gasteiger partial charge in [0.15, 0.2) is 11.8 Å². The van der Waals surface area contributed by atoms with Crippen molar-refractivity contribution in [2.45, 2.75) is 26.3 Å². The number of aromatic nitrogens is 3. The van der Waals surface area contributed by atoms with Gasteiger partial charge in [-0.3, -0.25) is 0 Å². The van der Waals surface area contributed by atoms with E-state index in [1.807, 2.05) is 48.5 Å². The van der Waals surface area contributed by atoms with Gasteiger partial charge in [-0.05, 0) is 49.5 Å². The van der Waals surface area contributed by atoms with Crippen LogP contribution < -0.4 is 15.4 Å². The fraction of sp³-hybridized carbons (Fsp3) is 0.526. The molecule has 7 nitrogen and oxygen atoms in total. The van der Waals surface area contributed by atoms with Gasteiger partial charge in [0, 0.05) is 25.2 Å². The second kappa shape index (κ2) is 11.8. The molecule has 0 amide bonds. The molecule has 1 aromatic carbocycles. The summed E-state index contributed by atoms with van der Waals surface area (Å²) in [7, 11) is 3.59. The average Bonchev–Trinajstić information content (AvgIpc) is 3.02. The van der Waals surface area contributed by atoms with Gasteiger partial charge < -0.3 is 19.9 Å². The third-order valence-electron chi connectivity index (χ3n) is 4.33. The number of methoxy groups -OCH3 is 1. The van der Waals surface area contributed by atoms with Gasteiger partial charge in [-0.25, -0.2) is 4.99 Å². The molecule has 0 unspecified atom stereocenters. The minimum atomic E-state index is 0.471. The highest BCUT2D eigenvalue weighted by Crippen LogP contribution is 2.22. The Hall–Kier alpha value is -1.93. The van der Waals surface area contributed by atoms with Crippen LogP contribution in [0.25, 0.3) is 0 Å². The zero-order chi connectivity index (χ0) is 20.4. The lowest BCUT2D eigenvalue weighted by molar-refractivity contribution is 0.414. The number of thioether (sulfide) groups is 1. The van der Waals surface area contributed by atoms with E-state index in [1.54, 1.807) is 7.11 Å². The number of nitrogens with one attached hydrogen (secondary N) is 2. The molecule has 28 heavy (non-hydrogen) atoms. The molecule has 1 aromatic heterocycles. The number of hydrogen-bond acceptors (Lipinski definition) is 5. The van der Waals surface area contributed by atoms with Gasteiger partial charge in [0.1, 0.15) is 18.1 Å². The molecule has 154 valence electrons. The SMILES string of the molecule is COc1ccc(CCNC(=NCc2nnc(C)n2C)NCCCSC)c(Cl)c1. The van der Waals surface area contributed by atoms with Crippen LogP contribution in [-0.4, -0.2) is 52.9 Å². The van der Waals surface area contributed by atoms with E-state index < -0.39 is 0 Å². The molecule has 0 spiro atoms. The number of aliphatic imine (C=N–C) groups is 1. The van der Waals surface area contributed by atoms with Gasteiger partial charge in [0.05, 0.1) is 7.11 Å². The topological polar surface area (TPSA) is 76.4 Å². The Morgan fingerprint density at radius 1 is 1.29 bits per heavy atom. The Morgan fingerprint density at radius 2 is 2.07 bits per heavy atom. The normalized spacial score (nSPS) is 11.5. The molecule has 2 aromatic rings. The molecule has 0 bridgehead atoms. The van der Waals surface area contributed by atoms with Gasteiger partial charge in [0.25, 0.3) is 0 Å². The van der Waals surface area contributed by atoms with Gasteiger partial charge in [0.2, 0.25) is 0 Å². The first-order chi connectivity index (χ1) is 13.5. The average molecular weight is 425 g/mol. The molecule has 0 atom stereocenters. The summed E-state index contributed by atoms with van der Waals surface area (Å²) in [6.07, 6.45) is 3.98. The molecule has 2 rings (SSSR count). The second-order valence-corrected chi connectivity index (χ2v) is 7.69. The van der Waals surface area contributed by atoms with Crippen LogP contribution >= 0.6 is 23.4 Å². The van der Waals surface area contributed by atoms with Crippen LogP contribution in [0.15, 0.2) is 23.2 Å². The zero-order valence-corrected chi connectivity index (χ0v) is 18.5. The van der Waals surface area contributed by atoms with E-state index in [9.17, 15) is 0 Å². The molecule has 1 heterocycles. The van der Waals surface area contributed by atoms with Crippen LogP contribution in [0, 0.1) is 6.92 Å². The number of rotatable bonds is 10. The van der Waals surface area contributed by atoms with Crippen molar-refractivity contribution in [2.75, 3.05) is 32.2 Å².